The van der Waals surface area contributed by atoms with Gasteiger partial charge in [0.2, 0.25) is 21.9 Å². The second-order valence-corrected chi connectivity index (χ2v) is 9.34. The first-order valence-electron chi connectivity index (χ1n) is 10.2. The highest BCUT2D eigenvalue weighted by molar-refractivity contribution is 7.89. The smallest absolute Gasteiger partial charge is 0.240 e. The Balaban J connectivity index is 1.34. The molecule has 0 unspecified atom stereocenters. The zero-order valence-electron chi connectivity index (χ0n) is 16.9. The van der Waals surface area contributed by atoms with Crippen LogP contribution < -0.4 is 20.3 Å². The molecule has 1 aromatic carbocycles. The van der Waals surface area contributed by atoms with E-state index >= 15 is 0 Å². The van der Waals surface area contributed by atoms with Crippen LogP contribution in [0.4, 0.5) is 17.5 Å². The minimum Gasteiger partial charge on any atom is -0.356 e. The summed E-state index contributed by atoms with van der Waals surface area (Å²) >= 11 is 0. The molecule has 1 fully saturated rings. The summed E-state index contributed by atoms with van der Waals surface area (Å²) in [4.78, 5) is 22.8. The number of amides is 1. The van der Waals surface area contributed by atoms with Gasteiger partial charge in [-0.2, -0.15) is 4.98 Å². The van der Waals surface area contributed by atoms with Gasteiger partial charge in [0.15, 0.2) is 0 Å². The lowest BCUT2D eigenvalue weighted by Gasteiger charge is -2.18. The number of carbonyl (C=O) groups excluding carboxylic acids is 1. The Hall–Kier alpha value is -2.72. The number of aromatic nitrogens is 2. The van der Waals surface area contributed by atoms with Gasteiger partial charge in [-0.25, -0.2) is 18.1 Å². The molecule has 1 amide bonds. The van der Waals surface area contributed by atoms with Gasteiger partial charge in [-0.05, 0) is 49.9 Å². The van der Waals surface area contributed by atoms with Crippen LogP contribution in [-0.4, -0.2) is 50.5 Å². The fourth-order valence-electron chi connectivity index (χ4n) is 3.71. The molecule has 0 atom stereocenters. The van der Waals surface area contributed by atoms with Crippen LogP contribution in [-0.2, 0) is 21.2 Å². The van der Waals surface area contributed by atoms with Gasteiger partial charge in [0, 0.05) is 50.0 Å². The molecule has 2 aliphatic heterocycles. The summed E-state index contributed by atoms with van der Waals surface area (Å²) in [5, 5.41) is 5.86. The summed E-state index contributed by atoms with van der Waals surface area (Å²) in [5.74, 6) is 1.36. The molecule has 1 aromatic heterocycles. The normalized spacial score (nSPS) is 16.3. The highest BCUT2D eigenvalue weighted by Crippen LogP contribution is 2.25. The van der Waals surface area contributed by atoms with E-state index in [-0.39, 0.29) is 17.3 Å². The summed E-state index contributed by atoms with van der Waals surface area (Å²) in [6.45, 7) is 4.49. The van der Waals surface area contributed by atoms with Crippen molar-refractivity contribution in [3.63, 3.8) is 0 Å². The van der Waals surface area contributed by atoms with Crippen molar-refractivity contribution in [2.45, 2.75) is 37.5 Å². The lowest BCUT2D eigenvalue weighted by Crippen LogP contribution is -2.30. The predicted octanol–water partition coefficient (Wildman–Crippen LogP) is 1.66. The molecular formula is C20H26N6O3S. The number of carbonyl (C=O) groups is 1. The van der Waals surface area contributed by atoms with Crippen molar-refractivity contribution in [2.75, 3.05) is 41.7 Å². The van der Waals surface area contributed by atoms with Crippen molar-refractivity contribution in [2.24, 2.45) is 0 Å². The zero-order valence-corrected chi connectivity index (χ0v) is 17.8. The number of nitrogens with one attached hydrogen (secondary N) is 3. The summed E-state index contributed by atoms with van der Waals surface area (Å²) in [6, 6.07) is 6.74. The lowest BCUT2D eigenvalue weighted by atomic mass is 10.0. The molecule has 30 heavy (non-hydrogen) atoms. The fraction of sp³-hybridized carbons (Fsp3) is 0.450. The third kappa shape index (κ3) is 4.71. The molecule has 160 valence electrons. The van der Waals surface area contributed by atoms with Gasteiger partial charge >= 0.3 is 0 Å². The molecule has 1 saturated heterocycles. The van der Waals surface area contributed by atoms with Crippen LogP contribution in [0.5, 0.6) is 0 Å². The molecule has 0 spiro atoms. The second-order valence-electron chi connectivity index (χ2n) is 7.58. The minimum atomic E-state index is -3.64. The molecule has 2 aromatic rings. The highest BCUT2D eigenvalue weighted by Gasteiger charge is 2.20. The van der Waals surface area contributed by atoms with Crippen molar-refractivity contribution in [1.82, 2.24) is 14.7 Å². The maximum Gasteiger partial charge on any atom is 0.240 e. The molecule has 0 aliphatic carbocycles. The zero-order chi connectivity index (χ0) is 21.1. The molecule has 9 nitrogen and oxygen atoms in total. The van der Waals surface area contributed by atoms with Gasteiger partial charge in [0.05, 0.1) is 4.90 Å². The van der Waals surface area contributed by atoms with E-state index < -0.39 is 10.0 Å². The molecule has 3 N–H and O–H groups in total. The number of rotatable bonds is 7. The van der Waals surface area contributed by atoms with Crippen LogP contribution in [0.2, 0.25) is 0 Å². The SMILES string of the molecule is Cc1cc(N2CCCC2)nc(NCCNS(=O)(=O)c2ccc3c(c2)CCC(=O)N3)n1. The first-order chi connectivity index (χ1) is 14.4. The lowest BCUT2D eigenvalue weighted by molar-refractivity contribution is -0.116. The predicted molar refractivity (Wildman–Crippen MR) is 115 cm³/mol. The molecule has 3 heterocycles. The van der Waals surface area contributed by atoms with Crippen molar-refractivity contribution in [3.8, 4) is 0 Å². The topological polar surface area (TPSA) is 116 Å². The minimum absolute atomic E-state index is 0.0476. The number of hydrogen-bond donors (Lipinski definition) is 3. The van der Waals surface area contributed by atoms with Crippen LogP contribution in [0.1, 0.15) is 30.5 Å². The molecule has 10 heteroatoms. The molecular weight excluding hydrogens is 404 g/mol. The van der Waals surface area contributed by atoms with Crippen LogP contribution in [0.15, 0.2) is 29.2 Å². The number of nitrogens with zero attached hydrogens (tertiary/aromatic N) is 3. The maximum absolute atomic E-state index is 12.6. The number of benzene rings is 1. The van der Waals surface area contributed by atoms with Crippen LogP contribution >= 0.6 is 0 Å². The van der Waals surface area contributed by atoms with Gasteiger partial charge in [-0.1, -0.05) is 0 Å². The average molecular weight is 431 g/mol. The molecule has 0 saturated carbocycles. The first-order valence-corrected chi connectivity index (χ1v) is 11.7. The van der Waals surface area contributed by atoms with E-state index in [9.17, 15) is 13.2 Å². The monoisotopic (exact) mass is 430 g/mol. The first kappa shape index (κ1) is 20.5. The van der Waals surface area contributed by atoms with Gasteiger partial charge < -0.3 is 15.5 Å². The van der Waals surface area contributed by atoms with Crippen molar-refractivity contribution in [1.29, 1.82) is 0 Å². The fourth-order valence-corrected chi connectivity index (χ4v) is 4.79. The Kier molecular flexibility index (Phi) is 5.87. The van der Waals surface area contributed by atoms with Crippen molar-refractivity contribution >= 4 is 33.4 Å². The third-order valence-electron chi connectivity index (χ3n) is 5.25. The van der Waals surface area contributed by atoms with Crippen LogP contribution in [0.25, 0.3) is 0 Å². The van der Waals surface area contributed by atoms with E-state index in [1.807, 2.05) is 13.0 Å². The van der Waals surface area contributed by atoms with Crippen LogP contribution in [0, 0.1) is 6.92 Å². The standard InChI is InChI=1S/C20H26N6O3S/c1-14-12-18(26-10-2-3-11-26)25-20(23-14)21-8-9-22-30(28,29)16-5-6-17-15(13-16)4-7-19(27)24-17/h5-6,12-13,22H,2-4,7-11H2,1H3,(H,24,27)(H,21,23,25). The number of hydrogen-bond acceptors (Lipinski definition) is 7. The summed E-state index contributed by atoms with van der Waals surface area (Å²) in [6.07, 6.45) is 3.24. The van der Waals surface area contributed by atoms with E-state index in [4.69, 9.17) is 0 Å². The number of anilines is 3. The Bertz CT molecular complexity index is 1050. The Morgan fingerprint density at radius 1 is 1.10 bits per heavy atom. The van der Waals surface area contributed by atoms with E-state index in [0.29, 0.717) is 31.0 Å². The third-order valence-corrected chi connectivity index (χ3v) is 6.71. The summed E-state index contributed by atoms with van der Waals surface area (Å²) in [5.41, 5.74) is 2.38. The van der Waals surface area contributed by atoms with Gasteiger partial charge in [0.25, 0.3) is 0 Å². The molecule has 0 radical (unpaired) electrons. The van der Waals surface area contributed by atoms with E-state index in [1.54, 1.807) is 12.1 Å². The summed E-state index contributed by atoms with van der Waals surface area (Å²) in [7, 11) is -3.64. The highest BCUT2D eigenvalue weighted by atomic mass is 32.2. The van der Waals surface area contributed by atoms with E-state index in [1.165, 1.54) is 18.9 Å². The number of sulfonamides is 1. The van der Waals surface area contributed by atoms with E-state index in [0.717, 1.165) is 30.2 Å². The summed E-state index contributed by atoms with van der Waals surface area (Å²) < 4.78 is 27.8. The number of fused-ring (bicyclic) bond motifs is 1. The van der Waals surface area contributed by atoms with Gasteiger partial charge in [-0.15, -0.1) is 0 Å². The quantitative estimate of drug-likeness (QED) is 0.572. The maximum atomic E-state index is 12.6. The Labute approximate surface area is 176 Å². The second kappa shape index (κ2) is 8.57. The molecule has 4 rings (SSSR count). The van der Waals surface area contributed by atoms with Gasteiger partial charge in [0.1, 0.15) is 5.82 Å². The molecule has 2 aliphatic rings. The van der Waals surface area contributed by atoms with Gasteiger partial charge in [-0.3, -0.25) is 4.79 Å². The van der Waals surface area contributed by atoms with E-state index in [2.05, 4.69) is 30.2 Å². The Morgan fingerprint density at radius 3 is 2.70 bits per heavy atom. The van der Waals surface area contributed by atoms with Crippen molar-refractivity contribution < 1.29 is 13.2 Å². The largest absolute Gasteiger partial charge is 0.356 e. The number of aryl methyl sites for hydroxylation is 2. The molecule has 0 bridgehead atoms. The van der Waals surface area contributed by atoms with Crippen molar-refractivity contribution in [3.05, 3.63) is 35.5 Å². The van der Waals surface area contributed by atoms with Crippen LogP contribution in [0.3, 0.4) is 0 Å². The Morgan fingerprint density at radius 2 is 1.90 bits per heavy atom. The average Bonchev–Trinajstić information content (AvgIpc) is 3.25.